The molecule has 11 heteroatoms. The van der Waals surface area contributed by atoms with Crippen molar-refractivity contribution < 1.29 is 20.1 Å². The SMILES string of the molecule is CSCC1OC(n2cnc3ncnc(N)c32)C(O)C1O.Cc1cc(O)c2ccccc2c1N. The van der Waals surface area contributed by atoms with Crippen molar-refractivity contribution in [1.29, 1.82) is 0 Å². The molecule has 0 bridgehead atoms. The lowest BCUT2D eigenvalue weighted by Gasteiger charge is -2.17. The number of benzene rings is 2. The van der Waals surface area contributed by atoms with Gasteiger partial charge in [0, 0.05) is 22.2 Å². The molecule has 1 aliphatic heterocycles. The molecule has 174 valence electrons. The lowest BCUT2D eigenvalue weighted by Crippen LogP contribution is -2.32. The summed E-state index contributed by atoms with van der Waals surface area (Å²) in [6.45, 7) is 1.89. The number of fused-ring (bicyclic) bond motifs is 2. The average Bonchev–Trinajstić information content (AvgIpc) is 3.36. The summed E-state index contributed by atoms with van der Waals surface area (Å²) >= 11 is 1.54. The number of ether oxygens (including phenoxy) is 1. The minimum atomic E-state index is -1.05. The van der Waals surface area contributed by atoms with E-state index in [2.05, 4.69) is 15.0 Å². The molecular formula is C22H26N6O4S. The van der Waals surface area contributed by atoms with Crippen LogP contribution in [0, 0.1) is 6.92 Å². The second kappa shape index (κ2) is 9.40. The number of imidazole rings is 1. The van der Waals surface area contributed by atoms with Crippen LogP contribution in [0.5, 0.6) is 5.75 Å². The Balaban J connectivity index is 0.000000172. The number of nitrogens with zero attached hydrogens (tertiary/aromatic N) is 4. The van der Waals surface area contributed by atoms with Crippen molar-refractivity contribution in [1.82, 2.24) is 19.5 Å². The summed E-state index contributed by atoms with van der Waals surface area (Å²) in [5.41, 5.74) is 14.3. The summed E-state index contributed by atoms with van der Waals surface area (Å²) < 4.78 is 7.29. The van der Waals surface area contributed by atoms with Crippen molar-refractivity contribution in [3.05, 3.63) is 48.5 Å². The predicted octanol–water partition coefficient (Wildman–Crippen LogP) is 1.83. The third-order valence-corrected chi connectivity index (χ3v) is 6.27. The third kappa shape index (κ3) is 4.27. The van der Waals surface area contributed by atoms with Crippen LogP contribution >= 0.6 is 11.8 Å². The van der Waals surface area contributed by atoms with E-state index in [0.717, 1.165) is 22.0 Å². The van der Waals surface area contributed by atoms with Crippen molar-refractivity contribution in [2.45, 2.75) is 31.5 Å². The quantitative estimate of drug-likeness (QED) is 0.220. The van der Waals surface area contributed by atoms with Gasteiger partial charge in [-0.2, -0.15) is 11.8 Å². The highest BCUT2D eigenvalue weighted by Gasteiger charge is 2.44. The van der Waals surface area contributed by atoms with Crippen LogP contribution in [0.3, 0.4) is 0 Å². The standard InChI is InChI=1S/C11H15N5O3S.C11H11NO/c1-20-2-5-7(17)8(18)11(19-5)16-4-15-10-6(16)9(12)13-3-14-10;1-7-6-10(13)8-4-2-3-5-9(8)11(7)12/h3-5,7-8,11,17-18H,2H2,1H3,(H2,12,13,14);2-6,13H,12H2,1H3. The molecule has 4 aromatic rings. The predicted molar refractivity (Wildman–Crippen MR) is 129 cm³/mol. The first kappa shape index (κ1) is 23.1. The summed E-state index contributed by atoms with van der Waals surface area (Å²) in [5.74, 6) is 1.14. The Morgan fingerprint density at radius 2 is 1.82 bits per heavy atom. The Morgan fingerprint density at radius 3 is 2.55 bits per heavy atom. The molecule has 0 amide bonds. The smallest absolute Gasteiger partial charge is 0.183 e. The zero-order valence-electron chi connectivity index (χ0n) is 18.2. The zero-order chi connectivity index (χ0) is 23.7. The van der Waals surface area contributed by atoms with Gasteiger partial charge in [0.1, 0.15) is 36.1 Å². The normalized spacial score (nSPS) is 22.4. The van der Waals surface area contributed by atoms with Gasteiger partial charge in [0.05, 0.1) is 6.10 Å². The number of aliphatic hydroxyl groups is 2. The number of nitrogen functional groups attached to an aromatic ring is 2. The van der Waals surface area contributed by atoms with Crippen LogP contribution in [0.4, 0.5) is 11.5 Å². The molecule has 3 heterocycles. The maximum atomic E-state index is 10.2. The van der Waals surface area contributed by atoms with Crippen molar-refractivity contribution in [3.63, 3.8) is 0 Å². The summed E-state index contributed by atoms with van der Waals surface area (Å²) in [7, 11) is 0. The molecule has 2 aromatic heterocycles. The monoisotopic (exact) mass is 470 g/mol. The molecular weight excluding hydrogens is 444 g/mol. The molecule has 33 heavy (non-hydrogen) atoms. The van der Waals surface area contributed by atoms with Gasteiger partial charge in [0.25, 0.3) is 0 Å². The number of thioether (sulfide) groups is 1. The van der Waals surface area contributed by atoms with Gasteiger partial charge < -0.3 is 31.5 Å². The molecule has 0 aliphatic carbocycles. The van der Waals surface area contributed by atoms with Gasteiger partial charge in [0.2, 0.25) is 0 Å². The van der Waals surface area contributed by atoms with Crippen LogP contribution in [-0.2, 0) is 4.74 Å². The van der Waals surface area contributed by atoms with E-state index in [1.807, 2.05) is 37.4 Å². The minimum absolute atomic E-state index is 0.256. The largest absolute Gasteiger partial charge is 0.507 e. The van der Waals surface area contributed by atoms with Gasteiger partial charge in [0.15, 0.2) is 17.7 Å². The van der Waals surface area contributed by atoms with Crippen LogP contribution in [0.1, 0.15) is 11.8 Å². The number of aryl methyl sites for hydroxylation is 1. The summed E-state index contributed by atoms with van der Waals surface area (Å²) in [4.78, 5) is 12.0. The second-order valence-corrected chi connectivity index (χ2v) is 8.67. The van der Waals surface area contributed by atoms with E-state index in [1.165, 1.54) is 12.7 Å². The Bertz CT molecular complexity index is 1280. The van der Waals surface area contributed by atoms with Crippen molar-refractivity contribution in [3.8, 4) is 5.75 Å². The summed E-state index contributed by atoms with van der Waals surface area (Å²) in [5, 5.41) is 31.5. The van der Waals surface area contributed by atoms with Gasteiger partial charge in [-0.15, -0.1) is 0 Å². The highest BCUT2D eigenvalue weighted by molar-refractivity contribution is 7.98. The molecule has 4 atom stereocenters. The van der Waals surface area contributed by atoms with Crippen LogP contribution in [0.2, 0.25) is 0 Å². The van der Waals surface area contributed by atoms with Gasteiger partial charge in [-0.25, -0.2) is 15.0 Å². The summed E-state index contributed by atoms with van der Waals surface area (Å²) in [6.07, 6.45) is 1.53. The first-order chi connectivity index (χ1) is 15.8. The fraction of sp³-hybridized carbons (Fsp3) is 0.318. The second-order valence-electron chi connectivity index (χ2n) is 7.76. The van der Waals surface area contributed by atoms with Crippen molar-refractivity contribution in [2.24, 2.45) is 0 Å². The molecule has 4 unspecified atom stereocenters. The van der Waals surface area contributed by atoms with Gasteiger partial charge >= 0.3 is 0 Å². The molecule has 0 saturated carbocycles. The van der Waals surface area contributed by atoms with E-state index in [0.29, 0.717) is 22.7 Å². The maximum absolute atomic E-state index is 10.2. The van der Waals surface area contributed by atoms with E-state index < -0.39 is 24.5 Å². The van der Waals surface area contributed by atoms with Crippen LogP contribution in [-0.4, -0.2) is 65.2 Å². The van der Waals surface area contributed by atoms with Crippen LogP contribution in [0.25, 0.3) is 21.9 Å². The van der Waals surface area contributed by atoms with Crippen LogP contribution in [0.15, 0.2) is 43.0 Å². The van der Waals surface area contributed by atoms with Gasteiger partial charge in [-0.1, -0.05) is 24.3 Å². The zero-order valence-corrected chi connectivity index (χ0v) is 19.0. The van der Waals surface area contributed by atoms with Crippen molar-refractivity contribution in [2.75, 3.05) is 23.5 Å². The van der Waals surface area contributed by atoms with E-state index in [-0.39, 0.29) is 5.82 Å². The summed E-state index contributed by atoms with van der Waals surface area (Å²) in [6, 6.07) is 9.27. The number of anilines is 2. The molecule has 2 aromatic carbocycles. The first-order valence-electron chi connectivity index (χ1n) is 10.2. The molecule has 5 rings (SSSR count). The Kier molecular flexibility index (Phi) is 6.56. The van der Waals surface area contributed by atoms with Gasteiger partial charge in [-0.05, 0) is 24.8 Å². The van der Waals surface area contributed by atoms with E-state index in [4.69, 9.17) is 16.2 Å². The van der Waals surface area contributed by atoms with E-state index >= 15 is 0 Å². The number of phenols is 1. The first-order valence-corrected chi connectivity index (χ1v) is 11.6. The Morgan fingerprint density at radius 1 is 1.09 bits per heavy atom. The molecule has 1 saturated heterocycles. The number of hydrogen-bond acceptors (Lipinski definition) is 10. The maximum Gasteiger partial charge on any atom is 0.183 e. The van der Waals surface area contributed by atoms with Gasteiger partial charge in [-0.3, -0.25) is 4.57 Å². The molecule has 0 spiro atoms. The van der Waals surface area contributed by atoms with Crippen molar-refractivity contribution >= 4 is 45.2 Å². The fourth-order valence-corrected chi connectivity index (χ4v) is 4.47. The lowest BCUT2D eigenvalue weighted by atomic mass is 10.0. The third-order valence-electron chi connectivity index (χ3n) is 5.61. The van der Waals surface area contributed by atoms with E-state index in [1.54, 1.807) is 22.4 Å². The van der Waals surface area contributed by atoms with Crippen LogP contribution < -0.4 is 11.5 Å². The number of aromatic nitrogens is 4. The Labute approximate surface area is 194 Å². The average molecular weight is 471 g/mol. The lowest BCUT2D eigenvalue weighted by molar-refractivity contribution is -0.0285. The number of hydrogen-bond donors (Lipinski definition) is 5. The number of rotatable bonds is 3. The molecule has 1 aliphatic rings. The number of phenolic OH excluding ortho intramolecular Hbond substituents is 1. The number of aliphatic hydroxyl groups excluding tert-OH is 2. The Hall–Kier alpha value is -3.12. The highest BCUT2D eigenvalue weighted by atomic mass is 32.2. The number of aromatic hydroxyl groups is 1. The van der Waals surface area contributed by atoms with E-state index in [9.17, 15) is 15.3 Å². The fourth-order valence-electron chi connectivity index (χ4n) is 3.87. The minimum Gasteiger partial charge on any atom is -0.507 e. The molecule has 10 nitrogen and oxygen atoms in total. The molecule has 1 fully saturated rings. The highest BCUT2D eigenvalue weighted by Crippen LogP contribution is 2.34. The topological polar surface area (TPSA) is 166 Å². The molecule has 7 N–H and O–H groups in total. The number of nitrogens with two attached hydrogens (primary N) is 2. The molecule has 0 radical (unpaired) electrons.